The molecule has 3 rings (SSSR count). The molecule has 1 fully saturated rings. The van der Waals surface area contributed by atoms with E-state index in [0.29, 0.717) is 6.54 Å². The van der Waals surface area contributed by atoms with Crippen LogP contribution in [0.25, 0.3) is 0 Å². The minimum Gasteiger partial charge on any atom is -0.337 e. The molecule has 1 aliphatic heterocycles. The molecule has 1 atom stereocenters. The Bertz CT molecular complexity index is 712. The van der Waals surface area contributed by atoms with Crippen molar-refractivity contribution in [1.29, 1.82) is 0 Å². The summed E-state index contributed by atoms with van der Waals surface area (Å²) in [7, 11) is 1.61. The van der Waals surface area contributed by atoms with Gasteiger partial charge in [-0.05, 0) is 5.56 Å². The van der Waals surface area contributed by atoms with Gasteiger partial charge in [-0.25, -0.2) is 13.8 Å². The molecule has 1 saturated heterocycles. The molecule has 144 valence electrons. The third-order valence-electron chi connectivity index (χ3n) is 4.16. The third kappa shape index (κ3) is 5.40. The molecule has 2 aromatic rings. The van der Waals surface area contributed by atoms with Crippen LogP contribution >= 0.6 is 24.8 Å². The van der Waals surface area contributed by atoms with Gasteiger partial charge in [-0.2, -0.15) is 0 Å². The number of nitrogens with one attached hydrogen (secondary N) is 1. The molecule has 0 bridgehead atoms. The maximum Gasteiger partial charge on any atom is 0.262 e. The van der Waals surface area contributed by atoms with Crippen LogP contribution < -0.4 is 5.32 Å². The number of nitrogens with zero attached hydrogens (tertiary/aromatic N) is 3. The summed E-state index contributed by atoms with van der Waals surface area (Å²) in [5.74, 6) is -2.42. The number of alkyl halides is 2. The highest BCUT2D eigenvalue weighted by Crippen LogP contribution is 2.26. The molecule has 1 aromatic carbocycles. The normalized spacial score (nSPS) is 17.9. The summed E-state index contributed by atoms with van der Waals surface area (Å²) in [6, 6.07) is 9.09. The molecule has 5 nitrogen and oxygen atoms in total. The molecule has 0 spiro atoms. The van der Waals surface area contributed by atoms with Gasteiger partial charge >= 0.3 is 0 Å². The first-order valence-corrected chi connectivity index (χ1v) is 7.85. The van der Waals surface area contributed by atoms with Gasteiger partial charge in [0.05, 0.1) is 19.1 Å². The van der Waals surface area contributed by atoms with Crippen molar-refractivity contribution in [1.82, 2.24) is 19.8 Å². The van der Waals surface area contributed by atoms with Gasteiger partial charge in [-0.3, -0.25) is 10.1 Å². The van der Waals surface area contributed by atoms with Gasteiger partial charge in [-0.1, -0.05) is 30.3 Å². The molecular weight excluding hydrogens is 385 g/mol. The fraction of sp³-hybridized carbons (Fsp3) is 0.412. The topological polar surface area (TPSA) is 50.2 Å². The molecule has 0 radical (unpaired) electrons. The molecule has 1 aliphatic rings. The molecule has 1 N–H and O–H groups in total. The van der Waals surface area contributed by atoms with Crippen molar-refractivity contribution < 1.29 is 13.6 Å². The first kappa shape index (κ1) is 22.3. The quantitative estimate of drug-likeness (QED) is 0.830. The van der Waals surface area contributed by atoms with Crippen molar-refractivity contribution in [2.24, 2.45) is 0 Å². The number of imidazole rings is 1. The number of carbonyl (C=O) groups is 1. The fourth-order valence-electron chi connectivity index (χ4n) is 2.86. The lowest BCUT2D eigenvalue weighted by molar-refractivity contribution is -0.133. The molecule has 1 unspecified atom stereocenters. The molecule has 0 aliphatic carbocycles. The van der Waals surface area contributed by atoms with Gasteiger partial charge in [0, 0.05) is 32.4 Å². The monoisotopic (exact) mass is 406 g/mol. The third-order valence-corrected chi connectivity index (χ3v) is 4.16. The van der Waals surface area contributed by atoms with Crippen molar-refractivity contribution in [3.63, 3.8) is 0 Å². The predicted molar refractivity (Wildman–Crippen MR) is 100 cm³/mol. The smallest absolute Gasteiger partial charge is 0.262 e. The van der Waals surface area contributed by atoms with E-state index in [2.05, 4.69) is 10.3 Å². The fourth-order valence-corrected chi connectivity index (χ4v) is 2.86. The van der Waals surface area contributed by atoms with Crippen molar-refractivity contribution in [3.8, 4) is 0 Å². The zero-order chi connectivity index (χ0) is 17.2. The highest BCUT2D eigenvalue weighted by molar-refractivity contribution is 5.85. The van der Waals surface area contributed by atoms with Gasteiger partial charge in [0.25, 0.3) is 5.92 Å². The van der Waals surface area contributed by atoms with E-state index in [4.69, 9.17) is 0 Å². The van der Waals surface area contributed by atoms with Crippen molar-refractivity contribution in [2.45, 2.75) is 31.5 Å². The lowest BCUT2D eigenvalue weighted by Gasteiger charge is -2.21. The average Bonchev–Trinajstić information content (AvgIpc) is 3.14. The summed E-state index contributed by atoms with van der Waals surface area (Å²) in [5.41, 5.74) is 1.13. The highest BCUT2D eigenvalue weighted by Gasteiger charge is 2.43. The van der Waals surface area contributed by atoms with Crippen molar-refractivity contribution in [2.75, 3.05) is 13.6 Å². The Morgan fingerprint density at radius 2 is 2.04 bits per heavy atom. The van der Waals surface area contributed by atoms with E-state index >= 15 is 0 Å². The van der Waals surface area contributed by atoms with Crippen LogP contribution in [-0.4, -0.2) is 45.9 Å². The van der Waals surface area contributed by atoms with E-state index in [0.717, 1.165) is 11.4 Å². The molecule has 0 saturated carbocycles. The number of carbonyl (C=O) groups excluding carboxylic acids is 1. The minimum atomic E-state index is -2.81. The lowest BCUT2D eigenvalue weighted by atomic mass is 10.1. The summed E-state index contributed by atoms with van der Waals surface area (Å²) in [6.45, 7) is 0.486. The zero-order valence-corrected chi connectivity index (χ0v) is 15.9. The Hall–Kier alpha value is -1.70. The Balaban J connectivity index is 0.00000169. The van der Waals surface area contributed by atoms with Crippen molar-refractivity contribution in [3.05, 3.63) is 54.1 Å². The van der Waals surface area contributed by atoms with Crippen LogP contribution in [-0.2, 0) is 17.9 Å². The Morgan fingerprint density at radius 3 is 2.65 bits per heavy atom. The van der Waals surface area contributed by atoms with Crippen LogP contribution in [0.2, 0.25) is 0 Å². The largest absolute Gasteiger partial charge is 0.337 e. The summed E-state index contributed by atoms with van der Waals surface area (Å²) in [6.07, 6.45) is 3.08. The zero-order valence-electron chi connectivity index (χ0n) is 14.3. The highest BCUT2D eigenvalue weighted by atomic mass is 35.5. The van der Waals surface area contributed by atoms with Gasteiger partial charge in [0.15, 0.2) is 0 Å². The van der Waals surface area contributed by atoms with E-state index in [1.165, 1.54) is 4.90 Å². The maximum atomic E-state index is 13.3. The first-order chi connectivity index (χ1) is 11.4. The molecular formula is C17H22Cl2F2N4O. The van der Waals surface area contributed by atoms with Crippen molar-refractivity contribution >= 4 is 30.7 Å². The second-order valence-corrected chi connectivity index (χ2v) is 6.14. The molecule has 2 heterocycles. The van der Waals surface area contributed by atoms with Crippen LogP contribution in [0.4, 0.5) is 8.78 Å². The number of hydrogen-bond acceptors (Lipinski definition) is 3. The number of halogens is 4. The second-order valence-electron chi connectivity index (χ2n) is 6.14. The number of benzene rings is 1. The predicted octanol–water partition coefficient (Wildman–Crippen LogP) is 2.73. The van der Waals surface area contributed by atoms with Crippen LogP contribution in [0.5, 0.6) is 0 Å². The molecule has 1 aromatic heterocycles. The van der Waals surface area contributed by atoms with Crippen LogP contribution in [0.1, 0.15) is 17.8 Å². The summed E-state index contributed by atoms with van der Waals surface area (Å²) >= 11 is 0. The van der Waals surface area contributed by atoms with E-state index in [1.807, 2.05) is 41.1 Å². The van der Waals surface area contributed by atoms with E-state index < -0.39 is 24.9 Å². The SMILES string of the molecule is CN(Cc1nccn1Cc1ccccc1)C(=O)C1CC(F)(F)CN1.Cl.Cl. The minimum absolute atomic E-state index is 0. The Labute approximate surface area is 163 Å². The number of hydrogen-bond donors (Lipinski definition) is 1. The Morgan fingerprint density at radius 1 is 1.35 bits per heavy atom. The Kier molecular flexibility index (Phi) is 7.99. The number of rotatable bonds is 5. The summed E-state index contributed by atoms with van der Waals surface area (Å²) < 4.78 is 28.5. The van der Waals surface area contributed by atoms with Crippen LogP contribution in [0.15, 0.2) is 42.7 Å². The standard InChI is InChI=1S/C17H20F2N4O.2ClH/c1-22(16(24)14-9-17(18,19)12-21-14)11-15-20-7-8-23(15)10-13-5-3-2-4-6-13;;/h2-8,14,21H,9-12H2,1H3;2*1H. The maximum absolute atomic E-state index is 13.3. The lowest BCUT2D eigenvalue weighted by Crippen LogP contribution is -2.41. The molecule has 1 amide bonds. The van der Waals surface area contributed by atoms with Gasteiger partial charge in [0.1, 0.15) is 5.82 Å². The number of amides is 1. The summed E-state index contributed by atoms with van der Waals surface area (Å²) in [5, 5.41) is 2.59. The van der Waals surface area contributed by atoms with Crippen LogP contribution in [0.3, 0.4) is 0 Å². The number of likely N-dealkylation sites (N-methyl/N-ethyl adjacent to an activating group) is 1. The van der Waals surface area contributed by atoms with Crippen LogP contribution in [0, 0.1) is 0 Å². The first-order valence-electron chi connectivity index (χ1n) is 7.85. The van der Waals surface area contributed by atoms with Gasteiger partial charge in [-0.15, -0.1) is 24.8 Å². The van der Waals surface area contributed by atoms with Gasteiger partial charge in [0.2, 0.25) is 5.91 Å². The van der Waals surface area contributed by atoms with E-state index in [9.17, 15) is 13.6 Å². The van der Waals surface area contributed by atoms with Gasteiger partial charge < -0.3 is 9.47 Å². The molecule has 26 heavy (non-hydrogen) atoms. The molecule has 9 heteroatoms. The average molecular weight is 407 g/mol. The second kappa shape index (κ2) is 9.30. The van der Waals surface area contributed by atoms with E-state index in [1.54, 1.807) is 13.2 Å². The number of aromatic nitrogens is 2. The summed E-state index contributed by atoms with van der Waals surface area (Å²) in [4.78, 5) is 18.1. The van der Waals surface area contributed by atoms with E-state index in [-0.39, 0.29) is 37.3 Å².